The molecule has 0 aromatic carbocycles. The number of rotatable bonds is 7. The van der Waals surface area contributed by atoms with Gasteiger partial charge in [0.2, 0.25) is 0 Å². The van der Waals surface area contributed by atoms with Crippen LogP contribution in [0.5, 0.6) is 0 Å². The minimum absolute atomic E-state index is 0.0392. The van der Waals surface area contributed by atoms with Crippen molar-refractivity contribution < 1.29 is 4.79 Å². The van der Waals surface area contributed by atoms with E-state index in [-0.39, 0.29) is 5.91 Å². The van der Waals surface area contributed by atoms with E-state index in [1.807, 2.05) is 25.2 Å². The van der Waals surface area contributed by atoms with E-state index in [4.69, 9.17) is 0 Å². The molecule has 1 saturated heterocycles. The molecule has 1 unspecified atom stereocenters. The standard InChI is InChI=1S/C19H25N7O/c1-20-17-9-18(24-12-23-17)26-8-2-3-15(26)11-22-16-7-4-13(10-21-16)19(27)25-14-5-6-14/h4,7,9-10,12,14-15H,2-3,5-6,8,11H2,1H3,(H,21,22)(H,25,27)(H,20,23,24). The molecule has 3 heterocycles. The van der Waals surface area contributed by atoms with Crippen molar-refractivity contribution in [2.45, 2.75) is 37.8 Å². The lowest BCUT2D eigenvalue weighted by Gasteiger charge is -2.26. The van der Waals surface area contributed by atoms with E-state index in [1.54, 1.807) is 12.5 Å². The zero-order valence-corrected chi connectivity index (χ0v) is 15.5. The van der Waals surface area contributed by atoms with E-state index in [0.717, 1.165) is 56.2 Å². The quantitative estimate of drug-likeness (QED) is 0.688. The van der Waals surface area contributed by atoms with Gasteiger partial charge in [0.05, 0.1) is 5.56 Å². The minimum Gasteiger partial charge on any atom is -0.373 e. The number of aromatic nitrogens is 3. The Balaban J connectivity index is 1.35. The molecular formula is C19H25N7O. The fourth-order valence-corrected chi connectivity index (χ4v) is 3.34. The average Bonchev–Trinajstić information content (AvgIpc) is 3.40. The van der Waals surface area contributed by atoms with Gasteiger partial charge in [-0.25, -0.2) is 15.0 Å². The van der Waals surface area contributed by atoms with Crippen molar-refractivity contribution in [2.75, 3.05) is 35.7 Å². The first kappa shape index (κ1) is 17.5. The normalized spacial score (nSPS) is 19.0. The van der Waals surface area contributed by atoms with E-state index < -0.39 is 0 Å². The molecule has 8 heteroatoms. The summed E-state index contributed by atoms with van der Waals surface area (Å²) < 4.78 is 0. The van der Waals surface area contributed by atoms with Gasteiger partial charge in [-0.05, 0) is 37.8 Å². The first-order valence-electron chi connectivity index (χ1n) is 9.50. The molecule has 2 aromatic rings. The first-order chi connectivity index (χ1) is 13.2. The lowest BCUT2D eigenvalue weighted by Crippen LogP contribution is -2.35. The molecule has 1 atom stereocenters. The van der Waals surface area contributed by atoms with Gasteiger partial charge in [0, 0.05) is 44.5 Å². The van der Waals surface area contributed by atoms with Crippen LogP contribution in [-0.4, -0.2) is 53.1 Å². The van der Waals surface area contributed by atoms with Gasteiger partial charge in [-0.2, -0.15) is 0 Å². The van der Waals surface area contributed by atoms with Crippen LogP contribution in [0.1, 0.15) is 36.0 Å². The van der Waals surface area contributed by atoms with Crippen molar-refractivity contribution in [3.05, 3.63) is 36.3 Å². The van der Waals surface area contributed by atoms with Crippen LogP contribution in [0.25, 0.3) is 0 Å². The van der Waals surface area contributed by atoms with Gasteiger partial charge >= 0.3 is 0 Å². The minimum atomic E-state index is -0.0392. The van der Waals surface area contributed by atoms with Crippen molar-refractivity contribution >= 4 is 23.4 Å². The number of amides is 1. The fourth-order valence-electron chi connectivity index (χ4n) is 3.34. The van der Waals surface area contributed by atoms with Crippen molar-refractivity contribution in [3.8, 4) is 0 Å². The predicted octanol–water partition coefficient (Wildman–Crippen LogP) is 1.89. The highest BCUT2D eigenvalue weighted by atomic mass is 16.1. The summed E-state index contributed by atoms with van der Waals surface area (Å²) in [6, 6.07) is 6.37. The predicted molar refractivity (Wildman–Crippen MR) is 105 cm³/mol. The summed E-state index contributed by atoms with van der Waals surface area (Å²) in [5.41, 5.74) is 0.607. The van der Waals surface area contributed by atoms with Crippen LogP contribution < -0.4 is 20.9 Å². The van der Waals surface area contributed by atoms with Gasteiger partial charge in [-0.15, -0.1) is 0 Å². The maximum atomic E-state index is 12.0. The van der Waals surface area contributed by atoms with Gasteiger partial charge in [0.1, 0.15) is 23.8 Å². The molecule has 1 aliphatic heterocycles. The van der Waals surface area contributed by atoms with Crippen LogP contribution in [-0.2, 0) is 0 Å². The highest BCUT2D eigenvalue weighted by molar-refractivity contribution is 5.94. The maximum Gasteiger partial charge on any atom is 0.253 e. The van der Waals surface area contributed by atoms with Crippen molar-refractivity contribution in [1.82, 2.24) is 20.3 Å². The molecular weight excluding hydrogens is 342 g/mol. The third kappa shape index (κ3) is 4.27. The topological polar surface area (TPSA) is 95.1 Å². The van der Waals surface area contributed by atoms with Crippen molar-refractivity contribution in [1.29, 1.82) is 0 Å². The van der Waals surface area contributed by atoms with E-state index in [9.17, 15) is 4.79 Å². The van der Waals surface area contributed by atoms with Crippen LogP contribution in [0.4, 0.5) is 17.5 Å². The second-order valence-electron chi connectivity index (χ2n) is 7.06. The summed E-state index contributed by atoms with van der Waals surface area (Å²) in [6.45, 7) is 1.76. The molecule has 27 heavy (non-hydrogen) atoms. The van der Waals surface area contributed by atoms with E-state index in [1.165, 1.54) is 0 Å². The van der Waals surface area contributed by atoms with Gasteiger partial charge in [0.15, 0.2) is 0 Å². The van der Waals surface area contributed by atoms with Crippen LogP contribution in [0.15, 0.2) is 30.7 Å². The number of carbonyl (C=O) groups excluding carboxylic acids is 1. The molecule has 0 spiro atoms. The number of pyridine rings is 1. The summed E-state index contributed by atoms with van der Waals surface area (Å²) in [5.74, 6) is 2.50. The Hall–Kier alpha value is -2.90. The van der Waals surface area contributed by atoms with Crippen LogP contribution in [0.3, 0.4) is 0 Å². The van der Waals surface area contributed by atoms with Gasteiger partial charge < -0.3 is 20.9 Å². The van der Waals surface area contributed by atoms with E-state index >= 15 is 0 Å². The molecule has 2 aromatic heterocycles. The molecule has 1 aliphatic carbocycles. The molecule has 1 amide bonds. The van der Waals surface area contributed by atoms with E-state index in [2.05, 4.69) is 35.8 Å². The highest BCUT2D eigenvalue weighted by Gasteiger charge is 2.26. The van der Waals surface area contributed by atoms with Crippen LogP contribution in [0, 0.1) is 0 Å². The van der Waals surface area contributed by atoms with Crippen molar-refractivity contribution in [2.24, 2.45) is 0 Å². The van der Waals surface area contributed by atoms with Crippen LogP contribution in [0.2, 0.25) is 0 Å². The number of hydrogen-bond acceptors (Lipinski definition) is 7. The summed E-state index contributed by atoms with van der Waals surface area (Å²) in [4.78, 5) is 27.3. The first-order valence-corrected chi connectivity index (χ1v) is 9.50. The van der Waals surface area contributed by atoms with Gasteiger partial charge in [-0.3, -0.25) is 4.79 Å². The molecule has 2 aliphatic rings. The Kier molecular flexibility index (Phi) is 5.04. The summed E-state index contributed by atoms with van der Waals surface area (Å²) in [5, 5.41) is 9.42. The van der Waals surface area contributed by atoms with Crippen molar-refractivity contribution in [3.63, 3.8) is 0 Å². The molecule has 8 nitrogen and oxygen atoms in total. The Morgan fingerprint density at radius 1 is 1.19 bits per heavy atom. The third-order valence-electron chi connectivity index (χ3n) is 5.04. The molecule has 4 rings (SSSR count). The number of nitrogens with zero attached hydrogens (tertiary/aromatic N) is 4. The molecule has 142 valence electrons. The Bertz CT molecular complexity index is 791. The largest absolute Gasteiger partial charge is 0.373 e. The monoisotopic (exact) mass is 367 g/mol. The molecule has 0 bridgehead atoms. The Morgan fingerprint density at radius 3 is 2.81 bits per heavy atom. The SMILES string of the molecule is CNc1cc(N2CCCC2CNc2ccc(C(=O)NC3CC3)cn2)ncn1. The number of carbonyl (C=O) groups is 1. The second kappa shape index (κ2) is 7.77. The highest BCUT2D eigenvalue weighted by Crippen LogP contribution is 2.25. The molecule has 2 fully saturated rings. The fraction of sp³-hybridized carbons (Fsp3) is 0.474. The van der Waals surface area contributed by atoms with Gasteiger partial charge in [0.25, 0.3) is 5.91 Å². The number of hydrogen-bond donors (Lipinski definition) is 3. The maximum absolute atomic E-state index is 12.0. The average molecular weight is 367 g/mol. The lowest BCUT2D eigenvalue weighted by atomic mass is 10.2. The molecule has 3 N–H and O–H groups in total. The zero-order valence-electron chi connectivity index (χ0n) is 15.5. The smallest absolute Gasteiger partial charge is 0.253 e. The third-order valence-corrected chi connectivity index (χ3v) is 5.04. The lowest BCUT2D eigenvalue weighted by molar-refractivity contribution is 0.0950. The molecule has 0 radical (unpaired) electrons. The summed E-state index contributed by atoms with van der Waals surface area (Å²) in [6.07, 6.45) is 7.64. The second-order valence-corrected chi connectivity index (χ2v) is 7.06. The number of anilines is 3. The zero-order chi connectivity index (χ0) is 18.6. The Morgan fingerprint density at radius 2 is 2.07 bits per heavy atom. The summed E-state index contributed by atoms with van der Waals surface area (Å²) >= 11 is 0. The van der Waals surface area contributed by atoms with Crippen LogP contribution >= 0.6 is 0 Å². The number of nitrogens with one attached hydrogen (secondary N) is 3. The summed E-state index contributed by atoms with van der Waals surface area (Å²) in [7, 11) is 1.86. The molecule has 1 saturated carbocycles. The Labute approximate surface area is 158 Å². The van der Waals surface area contributed by atoms with Gasteiger partial charge in [-0.1, -0.05) is 0 Å². The van der Waals surface area contributed by atoms with E-state index in [0.29, 0.717) is 17.6 Å².